The zero-order valence-electron chi connectivity index (χ0n) is 10.0. The van der Waals surface area contributed by atoms with Gasteiger partial charge in [0.1, 0.15) is 5.75 Å². The fraction of sp³-hybridized carbons (Fsp3) is 0.429. The van der Waals surface area contributed by atoms with E-state index in [1.165, 1.54) is 0 Å². The molecule has 88 valence electrons. The second-order valence-corrected chi connectivity index (χ2v) is 4.45. The largest absolute Gasteiger partial charge is 0.493 e. The van der Waals surface area contributed by atoms with Crippen LogP contribution in [0.25, 0.3) is 0 Å². The smallest absolute Gasteiger partial charge is 0.122 e. The van der Waals surface area contributed by atoms with Crippen LogP contribution in [0.3, 0.4) is 0 Å². The van der Waals surface area contributed by atoms with Gasteiger partial charge < -0.3 is 4.74 Å². The second kappa shape index (κ2) is 6.59. The Morgan fingerprint density at radius 2 is 2.25 bits per heavy atom. The van der Waals surface area contributed by atoms with Gasteiger partial charge in [0.15, 0.2) is 0 Å². The highest BCUT2D eigenvalue weighted by atomic mass is 35.5. The summed E-state index contributed by atoms with van der Waals surface area (Å²) in [5.74, 6) is 1.38. The van der Waals surface area contributed by atoms with E-state index in [2.05, 4.69) is 20.4 Å². The number of allylic oxidation sites excluding steroid dienone is 1. The van der Waals surface area contributed by atoms with Gasteiger partial charge in [0.05, 0.1) is 6.61 Å². The van der Waals surface area contributed by atoms with Crippen LogP contribution in [0.1, 0.15) is 25.8 Å². The molecule has 1 aromatic rings. The Kier molecular flexibility index (Phi) is 5.41. The molecule has 1 rings (SSSR count). The zero-order valence-corrected chi connectivity index (χ0v) is 10.8. The summed E-state index contributed by atoms with van der Waals surface area (Å²) in [6.07, 6.45) is 3.88. The first kappa shape index (κ1) is 13.1. The molecule has 0 aliphatic rings. The van der Waals surface area contributed by atoms with Gasteiger partial charge >= 0.3 is 0 Å². The summed E-state index contributed by atoms with van der Waals surface area (Å²) >= 11 is 6.00. The Morgan fingerprint density at radius 3 is 2.88 bits per heavy atom. The highest BCUT2D eigenvalue weighted by Gasteiger charge is 2.07. The van der Waals surface area contributed by atoms with Crippen LogP contribution in [-0.2, 0) is 6.42 Å². The van der Waals surface area contributed by atoms with Gasteiger partial charge in [0.25, 0.3) is 0 Å². The second-order valence-electron chi connectivity index (χ2n) is 4.02. The first-order valence-corrected chi connectivity index (χ1v) is 6.09. The highest BCUT2D eigenvalue weighted by molar-refractivity contribution is 6.30. The summed E-state index contributed by atoms with van der Waals surface area (Å²) < 4.78 is 5.69. The van der Waals surface area contributed by atoms with E-state index in [1.54, 1.807) is 0 Å². The monoisotopic (exact) mass is 238 g/mol. The Hall–Kier alpha value is -0.950. The van der Waals surface area contributed by atoms with E-state index in [4.69, 9.17) is 16.3 Å². The van der Waals surface area contributed by atoms with Gasteiger partial charge in [-0.3, -0.25) is 0 Å². The minimum absolute atomic E-state index is 0.433. The SMILES string of the molecule is C=CC(C)Cc1cc(Cl)ccc1OCCC. The van der Waals surface area contributed by atoms with Gasteiger partial charge in [0.2, 0.25) is 0 Å². The molecule has 0 aliphatic carbocycles. The van der Waals surface area contributed by atoms with E-state index >= 15 is 0 Å². The van der Waals surface area contributed by atoms with Crippen LogP contribution in [0, 0.1) is 5.92 Å². The van der Waals surface area contributed by atoms with E-state index in [1.807, 2.05) is 24.3 Å². The van der Waals surface area contributed by atoms with Crippen molar-refractivity contribution >= 4 is 11.6 Å². The molecule has 0 heterocycles. The fourth-order valence-corrected chi connectivity index (χ4v) is 1.69. The third-order valence-electron chi connectivity index (χ3n) is 2.43. The number of halogens is 1. The molecule has 0 fully saturated rings. The molecule has 0 spiro atoms. The molecule has 1 atom stereocenters. The van der Waals surface area contributed by atoms with Gasteiger partial charge in [-0.2, -0.15) is 0 Å². The Morgan fingerprint density at radius 1 is 1.50 bits per heavy atom. The lowest BCUT2D eigenvalue weighted by molar-refractivity contribution is 0.313. The van der Waals surface area contributed by atoms with Crippen molar-refractivity contribution in [3.05, 3.63) is 41.4 Å². The first-order chi connectivity index (χ1) is 7.67. The standard InChI is InChI=1S/C14H19ClO/c1-4-8-16-14-7-6-13(15)10-12(14)9-11(3)5-2/h5-7,10-11H,2,4,8-9H2,1,3H3. The third-order valence-corrected chi connectivity index (χ3v) is 2.66. The molecule has 1 nitrogen and oxygen atoms in total. The maximum atomic E-state index is 6.00. The molecular formula is C14H19ClO. The maximum Gasteiger partial charge on any atom is 0.122 e. The van der Waals surface area contributed by atoms with Crippen molar-refractivity contribution in [2.45, 2.75) is 26.7 Å². The van der Waals surface area contributed by atoms with Gasteiger partial charge in [-0.05, 0) is 42.5 Å². The highest BCUT2D eigenvalue weighted by Crippen LogP contribution is 2.25. The number of hydrogen-bond donors (Lipinski definition) is 0. The molecule has 0 aromatic heterocycles. The molecule has 1 aromatic carbocycles. The molecule has 0 N–H and O–H groups in total. The summed E-state index contributed by atoms with van der Waals surface area (Å²) in [5, 5.41) is 0.759. The minimum atomic E-state index is 0.433. The van der Waals surface area contributed by atoms with Gasteiger partial charge in [0, 0.05) is 5.02 Å². The molecule has 16 heavy (non-hydrogen) atoms. The topological polar surface area (TPSA) is 9.23 Å². The molecule has 0 saturated carbocycles. The quantitative estimate of drug-likeness (QED) is 0.664. The van der Waals surface area contributed by atoms with Crippen LogP contribution in [0.15, 0.2) is 30.9 Å². The molecule has 0 bridgehead atoms. The van der Waals surface area contributed by atoms with Crippen LogP contribution in [0.5, 0.6) is 5.75 Å². The molecular weight excluding hydrogens is 220 g/mol. The van der Waals surface area contributed by atoms with Crippen molar-refractivity contribution in [1.82, 2.24) is 0 Å². The Balaban J connectivity index is 2.84. The average molecular weight is 239 g/mol. The predicted octanol–water partition coefficient (Wildman–Crippen LogP) is 4.49. The summed E-state index contributed by atoms with van der Waals surface area (Å²) in [6.45, 7) is 8.78. The normalized spacial score (nSPS) is 12.2. The van der Waals surface area contributed by atoms with Crippen molar-refractivity contribution in [2.24, 2.45) is 5.92 Å². The van der Waals surface area contributed by atoms with Crippen LogP contribution in [0.2, 0.25) is 5.02 Å². The van der Waals surface area contributed by atoms with E-state index in [9.17, 15) is 0 Å². The van der Waals surface area contributed by atoms with Crippen molar-refractivity contribution in [1.29, 1.82) is 0 Å². The molecule has 0 amide bonds. The summed E-state index contributed by atoms with van der Waals surface area (Å²) in [6, 6.07) is 5.80. The molecule has 0 saturated heterocycles. The number of hydrogen-bond acceptors (Lipinski definition) is 1. The average Bonchev–Trinajstić information content (AvgIpc) is 2.28. The van der Waals surface area contributed by atoms with Crippen LogP contribution >= 0.6 is 11.6 Å². The fourth-order valence-electron chi connectivity index (χ4n) is 1.49. The van der Waals surface area contributed by atoms with E-state index < -0.39 is 0 Å². The Bertz CT molecular complexity index is 347. The van der Waals surface area contributed by atoms with Crippen molar-refractivity contribution in [2.75, 3.05) is 6.61 Å². The maximum absolute atomic E-state index is 6.00. The van der Waals surface area contributed by atoms with Crippen LogP contribution < -0.4 is 4.74 Å². The summed E-state index contributed by atoms with van der Waals surface area (Å²) in [5.41, 5.74) is 1.16. The predicted molar refractivity (Wildman–Crippen MR) is 70.3 cm³/mol. The van der Waals surface area contributed by atoms with Gasteiger partial charge in [-0.25, -0.2) is 0 Å². The lowest BCUT2D eigenvalue weighted by Gasteiger charge is -2.13. The lowest BCUT2D eigenvalue weighted by atomic mass is 10.0. The van der Waals surface area contributed by atoms with Gasteiger partial charge in [-0.15, -0.1) is 6.58 Å². The molecule has 0 aliphatic heterocycles. The summed E-state index contributed by atoms with van der Waals surface area (Å²) in [7, 11) is 0. The Labute approximate surface area is 103 Å². The van der Waals surface area contributed by atoms with E-state index in [0.717, 1.165) is 35.8 Å². The number of rotatable bonds is 6. The lowest BCUT2D eigenvalue weighted by Crippen LogP contribution is -2.02. The first-order valence-electron chi connectivity index (χ1n) is 5.71. The van der Waals surface area contributed by atoms with Crippen molar-refractivity contribution < 1.29 is 4.74 Å². The third kappa shape index (κ3) is 3.90. The molecule has 2 heteroatoms. The number of benzene rings is 1. The number of ether oxygens (including phenoxy) is 1. The van der Waals surface area contributed by atoms with Crippen LogP contribution in [0.4, 0.5) is 0 Å². The van der Waals surface area contributed by atoms with Crippen molar-refractivity contribution in [3.63, 3.8) is 0 Å². The summed E-state index contributed by atoms with van der Waals surface area (Å²) in [4.78, 5) is 0. The van der Waals surface area contributed by atoms with Gasteiger partial charge in [-0.1, -0.05) is 31.5 Å². The van der Waals surface area contributed by atoms with Crippen LogP contribution in [-0.4, -0.2) is 6.61 Å². The van der Waals surface area contributed by atoms with E-state index in [0.29, 0.717) is 5.92 Å². The zero-order chi connectivity index (χ0) is 12.0. The van der Waals surface area contributed by atoms with E-state index in [-0.39, 0.29) is 0 Å². The minimum Gasteiger partial charge on any atom is -0.493 e. The van der Waals surface area contributed by atoms with Crippen molar-refractivity contribution in [3.8, 4) is 5.75 Å². The molecule has 0 radical (unpaired) electrons. The molecule has 1 unspecified atom stereocenters.